The van der Waals surface area contributed by atoms with E-state index in [0.717, 1.165) is 5.56 Å². The summed E-state index contributed by atoms with van der Waals surface area (Å²) in [5.41, 5.74) is 0.808. The van der Waals surface area contributed by atoms with Crippen molar-refractivity contribution < 1.29 is 9.90 Å². The Bertz CT molecular complexity index is 310. The first kappa shape index (κ1) is 8.26. The topological polar surface area (TPSA) is 49.3 Å². The molecule has 0 unspecified atom stereocenters. The SMILES string of the molecule is O=C1NC[C@H]1[C@H](O)c1ccccc1. The molecule has 1 saturated heterocycles. The van der Waals surface area contributed by atoms with Crippen molar-refractivity contribution in [2.24, 2.45) is 5.92 Å². The molecule has 0 saturated carbocycles. The summed E-state index contributed by atoms with van der Waals surface area (Å²) in [6, 6.07) is 9.26. The number of carbonyl (C=O) groups excluding carboxylic acids is 1. The molecule has 2 N–H and O–H groups in total. The van der Waals surface area contributed by atoms with Crippen molar-refractivity contribution in [2.75, 3.05) is 6.54 Å². The highest BCUT2D eigenvalue weighted by atomic mass is 16.3. The summed E-state index contributed by atoms with van der Waals surface area (Å²) >= 11 is 0. The minimum absolute atomic E-state index is 0.0589. The Kier molecular flexibility index (Phi) is 2.02. The van der Waals surface area contributed by atoms with Gasteiger partial charge in [0.1, 0.15) is 0 Å². The lowest BCUT2D eigenvalue weighted by Crippen LogP contribution is -2.51. The number of hydrogen-bond donors (Lipinski definition) is 2. The fourth-order valence-electron chi connectivity index (χ4n) is 1.44. The van der Waals surface area contributed by atoms with Crippen LogP contribution in [0, 0.1) is 5.92 Å². The molecule has 1 aromatic rings. The summed E-state index contributed by atoms with van der Waals surface area (Å²) in [6.45, 7) is 0.578. The van der Waals surface area contributed by atoms with E-state index in [1.54, 1.807) is 0 Å². The van der Waals surface area contributed by atoms with Gasteiger partial charge in [-0.1, -0.05) is 30.3 Å². The summed E-state index contributed by atoms with van der Waals surface area (Å²) in [4.78, 5) is 11.0. The second-order valence-electron chi connectivity index (χ2n) is 3.21. The Morgan fingerprint density at radius 1 is 1.38 bits per heavy atom. The van der Waals surface area contributed by atoms with Gasteiger partial charge in [0.25, 0.3) is 0 Å². The number of nitrogens with one attached hydrogen (secondary N) is 1. The molecule has 0 aromatic heterocycles. The van der Waals surface area contributed by atoms with Gasteiger partial charge in [-0.05, 0) is 5.56 Å². The molecule has 1 aromatic carbocycles. The van der Waals surface area contributed by atoms with Gasteiger partial charge in [0.15, 0.2) is 0 Å². The molecule has 0 radical (unpaired) electrons. The van der Waals surface area contributed by atoms with Gasteiger partial charge in [-0.3, -0.25) is 4.79 Å². The Morgan fingerprint density at radius 2 is 2.08 bits per heavy atom. The number of aliphatic hydroxyl groups is 1. The van der Waals surface area contributed by atoms with Crippen molar-refractivity contribution >= 4 is 5.91 Å². The van der Waals surface area contributed by atoms with E-state index in [9.17, 15) is 9.90 Å². The Morgan fingerprint density at radius 3 is 2.54 bits per heavy atom. The number of hydrogen-bond acceptors (Lipinski definition) is 2. The predicted molar refractivity (Wildman–Crippen MR) is 47.9 cm³/mol. The molecule has 2 atom stereocenters. The zero-order valence-electron chi connectivity index (χ0n) is 7.10. The molecule has 0 spiro atoms. The average molecular weight is 177 g/mol. The van der Waals surface area contributed by atoms with Crippen molar-refractivity contribution in [2.45, 2.75) is 6.10 Å². The van der Waals surface area contributed by atoms with Gasteiger partial charge in [0.2, 0.25) is 5.91 Å². The van der Waals surface area contributed by atoms with Crippen LogP contribution in [0.1, 0.15) is 11.7 Å². The van der Waals surface area contributed by atoms with E-state index in [4.69, 9.17) is 0 Å². The lowest BCUT2D eigenvalue weighted by Gasteiger charge is -2.30. The number of aliphatic hydroxyl groups excluding tert-OH is 1. The molecule has 0 aliphatic carbocycles. The van der Waals surface area contributed by atoms with Gasteiger partial charge in [-0.15, -0.1) is 0 Å². The fraction of sp³-hybridized carbons (Fsp3) is 0.300. The summed E-state index contributed by atoms with van der Waals surface area (Å²) in [6.07, 6.45) is -0.657. The second-order valence-corrected chi connectivity index (χ2v) is 3.21. The van der Waals surface area contributed by atoms with Crippen LogP contribution in [0.5, 0.6) is 0 Å². The van der Waals surface area contributed by atoms with Crippen LogP contribution in [0.15, 0.2) is 30.3 Å². The molecule has 13 heavy (non-hydrogen) atoms. The first-order chi connectivity index (χ1) is 6.29. The van der Waals surface area contributed by atoms with Gasteiger partial charge >= 0.3 is 0 Å². The van der Waals surface area contributed by atoms with E-state index < -0.39 is 6.10 Å². The molecule has 0 bridgehead atoms. The minimum atomic E-state index is -0.657. The van der Waals surface area contributed by atoms with E-state index in [-0.39, 0.29) is 11.8 Å². The number of rotatable bonds is 2. The number of β-lactam (4-membered cyclic amide) rings is 1. The highest BCUT2D eigenvalue weighted by Crippen LogP contribution is 2.25. The third-order valence-electron chi connectivity index (χ3n) is 2.36. The maximum Gasteiger partial charge on any atom is 0.227 e. The molecular formula is C10H11NO2. The van der Waals surface area contributed by atoms with Gasteiger partial charge in [0.05, 0.1) is 12.0 Å². The zero-order valence-corrected chi connectivity index (χ0v) is 7.10. The quantitative estimate of drug-likeness (QED) is 0.645. The maximum atomic E-state index is 11.0. The van der Waals surface area contributed by atoms with Crippen LogP contribution in [-0.4, -0.2) is 17.6 Å². The third kappa shape index (κ3) is 1.42. The monoisotopic (exact) mass is 177 g/mol. The highest BCUT2D eigenvalue weighted by Gasteiger charge is 2.34. The molecule has 1 aliphatic heterocycles. The van der Waals surface area contributed by atoms with Crippen LogP contribution in [0.25, 0.3) is 0 Å². The number of carbonyl (C=O) groups is 1. The molecule has 3 nitrogen and oxygen atoms in total. The van der Waals surface area contributed by atoms with Crippen molar-refractivity contribution in [1.29, 1.82) is 0 Å². The molecule has 2 rings (SSSR count). The van der Waals surface area contributed by atoms with E-state index in [1.165, 1.54) is 0 Å². The summed E-state index contributed by atoms with van der Waals surface area (Å²) < 4.78 is 0. The first-order valence-corrected chi connectivity index (χ1v) is 4.30. The van der Waals surface area contributed by atoms with Gasteiger partial charge in [-0.25, -0.2) is 0 Å². The standard InChI is InChI=1S/C10H11NO2/c12-9(8-6-11-10(8)13)7-4-2-1-3-5-7/h1-5,8-9,12H,6H2,(H,11,13)/t8-,9+/m0/s1. The van der Waals surface area contributed by atoms with Crippen LogP contribution in [0.3, 0.4) is 0 Å². The lowest BCUT2D eigenvalue weighted by molar-refractivity contribution is -0.136. The minimum Gasteiger partial charge on any atom is -0.388 e. The summed E-state index contributed by atoms with van der Waals surface area (Å²) in [5, 5.41) is 12.4. The lowest BCUT2D eigenvalue weighted by atomic mass is 9.90. The maximum absolute atomic E-state index is 11.0. The van der Waals surface area contributed by atoms with E-state index in [0.29, 0.717) is 6.54 Å². The molecular weight excluding hydrogens is 166 g/mol. The highest BCUT2D eigenvalue weighted by molar-refractivity contribution is 5.85. The van der Waals surface area contributed by atoms with Crippen molar-refractivity contribution in [1.82, 2.24) is 5.32 Å². The molecule has 1 fully saturated rings. The Balaban J connectivity index is 2.13. The molecule has 1 amide bonds. The van der Waals surface area contributed by atoms with Gasteiger partial charge in [0, 0.05) is 6.54 Å². The average Bonchev–Trinajstić information content (AvgIpc) is 2.17. The Labute approximate surface area is 76.4 Å². The van der Waals surface area contributed by atoms with Crippen LogP contribution in [-0.2, 0) is 4.79 Å². The first-order valence-electron chi connectivity index (χ1n) is 4.30. The van der Waals surface area contributed by atoms with E-state index >= 15 is 0 Å². The van der Waals surface area contributed by atoms with Gasteiger partial charge in [-0.2, -0.15) is 0 Å². The van der Waals surface area contributed by atoms with Crippen molar-refractivity contribution in [3.8, 4) is 0 Å². The molecule has 1 heterocycles. The van der Waals surface area contributed by atoms with E-state index in [1.807, 2.05) is 30.3 Å². The normalized spacial score (nSPS) is 23.2. The Hall–Kier alpha value is -1.35. The third-order valence-corrected chi connectivity index (χ3v) is 2.36. The fourth-order valence-corrected chi connectivity index (χ4v) is 1.44. The van der Waals surface area contributed by atoms with Crippen LogP contribution in [0.2, 0.25) is 0 Å². The molecule has 3 heteroatoms. The van der Waals surface area contributed by atoms with Crippen LogP contribution < -0.4 is 5.32 Å². The smallest absolute Gasteiger partial charge is 0.227 e. The summed E-state index contributed by atoms with van der Waals surface area (Å²) in [5.74, 6) is -0.321. The zero-order chi connectivity index (χ0) is 9.26. The van der Waals surface area contributed by atoms with Crippen molar-refractivity contribution in [3.63, 3.8) is 0 Å². The number of amides is 1. The largest absolute Gasteiger partial charge is 0.388 e. The van der Waals surface area contributed by atoms with E-state index in [2.05, 4.69) is 5.32 Å². The van der Waals surface area contributed by atoms with Crippen LogP contribution in [0.4, 0.5) is 0 Å². The van der Waals surface area contributed by atoms with Crippen LogP contribution >= 0.6 is 0 Å². The predicted octanol–water partition coefficient (Wildman–Crippen LogP) is 0.466. The van der Waals surface area contributed by atoms with Crippen molar-refractivity contribution in [3.05, 3.63) is 35.9 Å². The molecule has 68 valence electrons. The number of benzene rings is 1. The van der Waals surface area contributed by atoms with Gasteiger partial charge < -0.3 is 10.4 Å². The summed E-state index contributed by atoms with van der Waals surface area (Å²) in [7, 11) is 0. The second kappa shape index (κ2) is 3.18. The molecule has 1 aliphatic rings.